The molecule has 3 aliphatic rings. The molecule has 2 atom stereocenters. The zero-order valence-corrected chi connectivity index (χ0v) is 17.3. The number of carbonyl (C=O) groups excluding carboxylic acids is 1. The minimum Gasteiger partial charge on any atom is -1.00 e. The third kappa shape index (κ3) is 2.66. The number of piperidine rings is 1. The van der Waals surface area contributed by atoms with E-state index in [0.29, 0.717) is 12.5 Å². The molecular weight excluding hydrogens is 382 g/mol. The van der Waals surface area contributed by atoms with Crippen LogP contribution in [0.25, 0.3) is 10.9 Å². The van der Waals surface area contributed by atoms with Gasteiger partial charge in [-0.2, -0.15) is 0 Å². The quantitative estimate of drug-likeness (QED) is 0.620. The summed E-state index contributed by atoms with van der Waals surface area (Å²) in [5, 5.41) is 1.34. The Kier molecular flexibility index (Phi) is 4.27. The number of H-pyrrole nitrogens is 1. The molecule has 3 aromatic rings. The molecule has 4 heterocycles. The van der Waals surface area contributed by atoms with Crippen molar-refractivity contribution < 1.29 is 21.7 Å². The molecule has 6 rings (SSSR count). The Bertz CT molecular complexity index is 1080. The number of amides is 1. The average molecular weight is 408 g/mol. The SMILES string of the molecule is O=C1C[N+]2(Cc3ccccc3)CCCC3(C2)c2[nH]c4ccccc4c2CCN13.[Cl-]. The number of nitrogens with one attached hydrogen (secondary N) is 1. The summed E-state index contributed by atoms with van der Waals surface area (Å²) in [6.07, 6.45) is 3.21. The second kappa shape index (κ2) is 6.61. The normalized spacial score (nSPS) is 27.9. The molecule has 5 heteroatoms. The predicted octanol–water partition coefficient (Wildman–Crippen LogP) is 0.576. The number of carbonyl (C=O) groups is 1. The van der Waals surface area contributed by atoms with Crippen molar-refractivity contribution in [3.63, 3.8) is 0 Å². The Morgan fingerprint density at radius 1 is 1.07 bits per heavy atom. The standard InChI is InChI=1S/C24H26N3O.ClH/c28-22-16-27(15-18-7-2-1-3-8-18)14-6-12-24(17-27)23-20(11-13-26(22)24)19-9-4-5-10-21(19)25-23;/h1-5,7-10,25H,6,11-17H2;1H/q+1;/p-1. The number of halogens is 1. The van der Waals surface area contributed by atoms with Crippen LogP contribution in [0.3, 0.4) is 0 Å². The van der Waals surface area contributed by atoms with Crippen LogP contribution in [0.1, 0.15) is 29.7 Å². The van der Waals surface area contributed by atoms with Crippen LogP contribution >= 0.6 is 0 Å². The zero-order chi connectivity index (χ0) is 18.8. The zero-order valence-electron chi connectivity index (χ0n) is 16.5. The van der Waals surface area contributed by atoms with Crippen LogP contribution in [0.2, 0.25) is 0 Å². The first-order chi connectivity index (χ1) is 13.7. The van der Waals surface area contributed by atoms with E-state index in [2.05, 4.69) is 64.5 Å². The number of aromatic amines is 1. The van der Waals surface area contributed by atoms with E-state index in [0.717, 1.165) is 43.5 Å². The van der Waals surface area contributed by atoms with Gasteiger partial charge in [-0.1, -0.05) is 48.5 Å². The van der Waals surface area contributed by atoms with Crippen LogP contribution in [-0.2, 0) is 23.3 Å². The molecule has 4 nitrogen and oxygen atoms in total. The Morgan fingerprint density at radius 2 is 1.86 bits per heavy atom. The molecule has 0 saturated carbocycles. The van der Waals surface area contributed by atoms with Crippen LogP contribution < -0.4 is 12.4 Å². The lowest BCUT2D eigenvalue weighted by atomic mass is 9.75. The van der Waals surface area contributed by atoms with Gasteiger partial charge in [-0.25, -0.2) is 0 Å². The molecule has 3 aliphatic heterocycles. The van der Waals surface area contributed by atoms with Gasteiger partial charge >= 0.3 is 0 Å². The molecule has 1 amide bonds. The van der Waals surface area contributed by atoms with Crippen molar-refractivity contribution in [1.82, 2.24) is 9.88 Å². The van der Waals surface area contributed by atoms with Crippen molar-refractivity contribution in [2.45, 2.75) is 31.3 Å². The van der Waals surface area contributed by atoms with Crippen LogP contribution in [0.15, 0.2) is 54.6 Å². The van der Waals surface area contributed by atoms with Crippen molar-refractivity contribution in [2.75, 3.05) is 26.2 Å². The summed E-state index contributed by atoms with van der Waals surface area (Å²) in [5.41, 5.74) is 5.17. The number of aromatic nitrogens is 1. The maximum atomic E-state index is 13.4. The van der Waals surface area contributed by atoms with E-state index < -0.39 is 0 Å². The second-order valence-corrected chi connectivity index (χ2v) is 8.98. The van der Waals surface area contributed by atoms with Gasteiger partial charge in [-0.05, 0) is 30.9 Å². The van der Waals surface area contributed by atoms with E-state index in [1.807, 2.05) is 0 Å². The molecule has 1 spiro atoms. The number of para-hydroxylation sites is 1. The van der Waals surface area contributed by atoms with Crippen molar-refractivity contribution in [3.8, 4) is 0 Å². The van der Waals surface area contributed by atoms with Crippen molar-refractivity contribution >= 4 is 16.8 Å². The fraction of sp³-hybridized carbons (Fsp3) is 0.375. The lowest BCUT2D eigenvalue weighted by molar-refractivity contribution is -0.948. The monoisotopic (exact) mass is 407 g/mol. The highest BCUT2D eigenvalue weighted by molar-refractivity contribution is 5.87. The van der Waals surface area contributed by atoms with E-state index in [9.17, 15) is 4.79 Å². The summed E-state index contributed by atoms with van der Waals surface area (Å²) >= 11 is 0. The predicted molar refractivity (Wildman–Crippen MR) is 110 cm³/mol. The fourth-order valence-electron chi connectivity index (χ4n) is 6.31. The van der Waals surface area contributed by atoms with Crippen LogP contribution in [0.4, 0.5) is 0 Å². The van der Waals surface area contributed by atoms with Crippen molar-refractivity contribution in [2.24, 2.45) is 0 Å². The number of quaternary nitrogens is 1. The summed E-state index contributed by atoms with van der Waals surface area (Å²) in [7, 11) is 0. The number of fused-ring (bicyclic) bond motifs is 4. The highest BCUT2D eigenvalue weighted by atomic mass is 35.5. The first kappa shape index (κ1) is 18.7. The molecule has 2 bridgehead atoms. The van der Waals surface area contributed by atoms with E-state index in [4.69, 9.17) is 0 Å². The van der Waals surface area contributed by atoms with Gasteiger partial charge in [-0.3, -0.25) is 4.79 Å². The minimum absolute atomic E-state index is 0. The molecule has 2 aromatic carbocycles. The van der Waals surface area contributed by atoms with Gasteiger partial charge in [0, 0.05) is 23.0 Å². The number of benzene rings is 2. The number of hydrogen-bond donors (Lipinski definition) is 1. The van der Waals surface area contributed by atoms with E-state index >= 15 is 0 Å². The Balaban J connectivity index is 0.00000181. The summed E-state index contributed by atoms with van der Waals surface area (Å²) in [6, 6.07) is 19.4. The van der Waals surface area contributed by atoms with Gasteiger partial charge < -0.3 is 26.8 Å². The summed E-state index contributed by atoms with van der Waals surface area (Å²) in [5.74, 6) is 0.339. The maximum Gasteiger partial charge on any atom is 0.278 e. The van der Waals surface area contributed by atoms with E-state index in [1.165, 1.54) is 34.1 Å². The Labute approximate surface area is 177 Å². The summed E-state index contributed by atoms with van der Waals surface area (Å²) in [4.78, 5) is 19.3. The smallest absolute Gasteiger partial charge is 0.278 e. The van der Waals surface area contributed by atoms with Crippen LogP contribution in [0, 0.1) is 0 Å². The summed E-state index contributed by atoms with van der Waals surface area (Å²) in [6.45, 7) is 4.60. The lowest BCUT2D eigenvalue weighted by Gasteiger charge is -2.59. The van der Waals surface area contributed by atoms with Crippen molar-refractivity contribution in [3.05, 3.63) is 71.4 Å². The molecule has 0 aliphatic carbocycles. The molecule has 150 valence electrons. The largest absolute Gasteiger partial charge is 1.00 e. The fourth-order valence-corrected chi connectivity index (χ4v) is 6.31. The van der Waals surface area contributed by atoms with Gasteiger partial charge in [0.05, 0.1) is 12.2 Å². The average Bonchev–Trinajstić information content (AvgIpc) is 3.09. The second-order valence-electron chi connectivity index (χ2n) is 8.98. The Hall–Kier alpha value is -2.30. The highest BCUT2D eigenvalue weighted by Crippen LogP contribution is 2.48. The lowest BCUT2D eigenvalue weighted by Crippen LogP contribution is -3.00. The van der Waals surface area contributed by atoms with Gasteiger partial charge in [0.1, 0.15) is 18.6 Å². The highest BCUT2D eigenvalue weighted by Gasteiger charge is 2.59. The van der Waals surface area contributed by atoms with Crippen LogP contribution in [0.5, 0.6) is 0 Å². The van der Waals surface area contributed by atoms with E-state index in [-0.39, 0.29) is 17.9 Å². The molecule has 29 heavy (non-hydrogen) atoms. The molecule has 1 aromatic heterocycles. The maximum absolute atomic E-state index is 13.4. The van der Waals surface area contributed by atoms with E-state index in [1.54, 1.807) is 0 Å². The number of hydrogen-bond acceptors (Lipinski definition) is 1. The van der Waals surface area contributed by atoms with Crippen molar-refractivity contribution in [1.29, 1.82) is 0 Å². The number of piperazine rings is 1. The minimum atomic E-state index is -0.158. The Morgan fingerprint density at radius 3 is 2.72 bits per heavy atom. The van der Waals surface area contributed by atoms with Gasteiger partial charge in [-0.15, -0.1) is 0 Å². The topological polar surface area (TPSA) is 36.1 Å². The molecule has 1 N–H and O–H groups in total. The third-order valence-electron chi connectivity index (χ3n) is 7.33. The molecule has 2 saturated heterocycles. The van der Waals surface area contributed by atoms with Gasteiger partial charge in [0.2, 0.25) is 0 Å². The molecule has 2 fully saturated rings. The molecule has 2 unspecified atom stereocenters. The third-order valence-corrected chi connectivity index (χ3v) is 7.33. The van der Waals surface area contributed by atoms with Gasteiger partial charge in [0.15, 0.2) is 6.54 Å². The first-order valence-corrected chi connectivity index (χ1v) is 10.5. The van der Waals surface area contributed by atoms with Crippen LogP contribution in [-0.4, -0.2) is 46.5 Å². The molecular formula is C24H26ClN3O. The number of rotatable bonds is 2. The molecule has 0 radical (unpaired) electrons. The first-order valence-electron chi connectivity index (χ1n) is 10.5. The van der Waals surface area contributed by atoms with Gasteiger partial charge in [0.25, 0.3) is 5.91 Å². The number of nitrogens with zero attached hydrogens (tertiary/aromatic N) is 2. The summed E-state index contributed by atoms with van der Waals surface area (Å²) < 4.78 is 0.897.